The van der Waals surface area contributed by atoms with Gasteiger partial charge in [0.25, 0.3) is 0 Å². The molecule has 0 aliphatic rings. The summed E-state index contributed by atoms with van der Waals surface area (Å²) in [7, 11) is 0. The summed E-state index contributed by atoms with van der Waals surface area (Å²) in [6, 6.07) is 13.2. The van der Waals surface area contributed by atoms with E-state index < -0.39 is 205 Å². The van der Waals surface area contributed by atoms with Gasteiger partial charge in [-0.3, -0.25) is 10.6 Å². The molecule has 0 saturated heterocycles. The van der Waals surface area contributed by atoms with Crippen LogP contribution in [-0.4, -0.2) is 178 Å². The Bertz CT molecular complexity index is 2770. The van der Waals surface area contributed by atoms with Crippen molar-refractivity contribution >= 4 is 83.3 Å². The van der Waals surface area contributed by atoms with Crippen LogP contribution in [0.15, 0.2) is 175 Å². The van der Waals surface area contributed by atoms with Gasteiger partial charge in [-0.2, -0.15) is 0 Å². The Kier molecular flexibility index (Phi) is 34.4. The second-order valence-corrected chi connectivity index (χ2v) is 21.3. The first kappa shape index (κ1) is 80.1. The lowest BCUT2D eigenvalue weighted by Crippen LogP contribution is -2.47. The van der Waals surface area contributed by atoms with Crippen molar-refractivity contribution in [1.82, 2.24) is 0 Å². The molecule has 0 heterocycles. The van der Waals surface area contributed by atoms with Gasteiger partial charge in [0.2, 0.25) is 0 Å². The second kappa shape index (κ2) is 40.8. The number of carbonyl (C=O) groups excluding carboxylic acids is 12. The quantitative estimate of drug-likeness (QED) is 0.0412. The minimum Gasteiger partial charge on any atom is -0.462 e. The molecule has 28 nitrogen and oxygen atoms in total. The van der Waals surface area contributed by atoms with E-state index in [0.29, 0.717) is 0 Å². The molecule has 0 unspecified atom stereocenters. The number of hydrogen-bond donors (Lipinski definition) is 2. The minimum absolute atomic E-state index is 0.249. The van der Waals surface area contributed by atoms with Crippen molar-refractivity contribution in [3.8, 4) is 0 Å². The van der Waals surface area contributed by atoms with Crippen LogP contribution in [-0.2, 0) is 120 Å². The number of rotatable bonds is 46. The Balaban J connectivity index is 2.42. The third-order valence-corrected chi connectivity index (χ3v) is 13.2. The molecule has 2 N–H and O–H groups in total. The molecule has 0 radical (unpaired) electrons. The van der Waals surface area contributed by atoms with Crippen LogP contribution < -0.4 is 10.6 Å². The first-order valence-corrected chi connectivity index (χ1v) is 28.3. The number of benzene rings is 2. The van der Waals surface area contributed by atoms with Crippen LogP contribution >= 0.6 is 0 Å². The van der Waals surface area contributed by atoms with Crippen LogP contribution in [0.4, 0.5) is 21.0 Å². The zero-order valence-corrected chi connectivity index (χ0v) is 52.9. The largest absolute Gasteiger partial charge is 0.462 e. The summed E-state index contributed by atoms with van der Waals surface area (Å²) in [6.45, 7) is 28.0. The maximum atomic E-state index is 13.5. The van der Waals surface area contributed by atoms with Gasteiger partial charge in [-0.05, 0) is 35.4 Å². The Morgan fingerprint density at radius 1 is 0.274 bits per heavy atom. The number of anilines is 2. The van der Waals surface area contributed by atoms with Crippen LogP contribution in [0.2, 0.25) is 0 Å². The maximum absolute atomic E-state index is 13.5. The highest BCUT2D eigenvalue weighted by Gasteiger charge is 2.43. The highest BCUT2D eigenvalue weighted by molar-refractivity contribution is 5.87. The van der Waals surface area contributed by atoms with Gasteiger partial charge >= 0.3 is 71.9 Å². The molecule has 0 saturated carbocycles. The highest BCUT2D eigenvalue weighted by Crippen LogP contribution is 2.34. The molecule has 512 valence electrons. The first-order valence-electron chi connectivity index (χ1n) is 28.3. The Labute approximate surface area is 548 Å². The summed E-state index contributed by atoms with van der Waals surface area (Å²) in [4.78, 5) is 150. The number of ether oxygens (including phenoxy) is 14. The van der Waals surface area contributed by atoms with E-state index >= 15 is 0 Å². The number of nitrogens with one attached hydrogen (secondary N) is 2. The molecule has 28 heteroatoms. The molecule has 2 rings (SSSR count). The maximum Gasteiger partial charge on any atom is 0.411 e. The molecular weight excluding hydrogens is 1250 g/mol. The van der Waals surface area contributed by atoms with Gasteiger partial charge in [0, 0.05) is 77.5 Å². The van der Waals surface area contributed by atoms with Crippen molar-refractivity contribution in [3.63, 3.8) is 0 Å². The highest BCUT2D eigenvalue weighted by atomic mass is 16.6. The summed E-state index contributed by atoms with van der Waals surface area (Å²) < 4.78 is 76.4. The number of esters is 10. The lowest BCUT2D eigenvalue weighted by Gasteiger charge is -2.35. The van der Waals surface area contributed by atoms with Crippen LogP contribution in [0.5, 0.6) is 0 Å². The SMILES string of the molecule is C=CC(=O)OCC(COCC(COC(=O)C=C)(COC(=O)C=C)COC(=O)Nc1ccc(C(C)(C)c2ccc(NC(=O)OCC(COCC(COC(=O)C=C)(COC(=O)C=C)COC(=O)C=C)(COC(=O)C=C)COC(=O)C=C)cc2)cc1)(COC(=O)C=C)COC(=O)C=C. The predicted molar refractivity (Wildman–Crippen MR) is 338 cm³/mol. The summed E-state index contributed by atoms with van der Waals surface area (Å²) in [5.74, 6) is -9.08. The van der Waals surface area contributed by atoms with E-state index in [1.165, 1.54) is 0 Å². The molecule has 0 aliphatic heterocycles. The van der Waals surface area contributed by atoms with E-state index in [0.717, 1.165) is 71.9 Å². The van der Waals surface area contributed by atoms with Crippen molar-refractivity contribution in [1.29, 1.82) is 0 Å². The van der Waals surface area contributed by atoms with Gasteiger partial charge < -0.3 is 66.3 Å². The van der Waals surface area contributed by atoms with E-state index in [9.17, 15) is 57.5 Å². The molecule has 0 spiro atoms. The fraction of sp³-hybridized carbons (Fsp3) is 0.343. The first-order chi connectivity index (χ1) is 45.1. The molecular formula is C67H78N2O26. The van der Waals surface area contributed by atoms with Crippen LogP contribution in [0.1, 0.15) is 25.0 Å². The molecule has 2 aromatic carbocycles. The van der Waals surface area contributed by atoms with E-state index in [2.05, 4.69) is 76.4 Å². The van der Waals surface area contributed by atoms with Crippen LogP contribution in [0.25, 0.3) is 0 Å². The van der Waals surface area contributed by atoms with E-state index in [1.807, 2.05) is 13.8 Å². The van der Waals surface area contributed by atoms with E-state index in [1.54, 1.807) is 48.5 Å². The molecule has 0 aliphatic carbocycles. The number of carbonyl (C=O) groups is 12. The van der Waals surface area contributed by atoms with Crippen molar-refractivity contribution < 1.29 is 124 Å². The van der Waals surface area contributed by atoms with E-state index in [-0.39, 0.29) is 11.4 Å². The lowest BCUT2D eigenvalue weighted by molar-refractivity contribution is -0.170. The fourth-order valence-electron chi connectivity index (χ4n) is 7.65. The predicted octanol–water partition coefficient (Wildman–Crippen LogP) is 6.38. The molecule has 0 bridgehead atoms. The van der Waals surface area contributed by atoms with Gasteiger partial charge in [-0.1, -0.05) is 104 Å². The monoisotopic (exact) mass is 1330 g/mol. The molecule has 0 atom stereocenters. The standard InChI is InChI=1S/C67H78N2O26/c1-13-51(70)84-35-64(36-85-52(71)14-2,37-86-53(72)15-3)31-82-33-66(41-90-57(76)19-7,42-91-58(77)20-8)45-94-61(80)68-49-27-23-47(24-28-49)63(11,12)48-25-29-50(30-26-48)69-62(81)95-46-67(43-92-59(78)21-9,44-93-60(79)22-10)34-83-32-65(38-87-54(73)16-4,39-88-55(74)17-5)40-89-56(75)18-6/h13-30H,1-10,31-46H2,11-12H3,(H,68,80)(H,69,81). The fourth-order valence-corrected chi connectivity index (χ4v) is 7.65. The van der Waals surface area contributed by atoms with Gasteiger partial charge in [0.1, 0.15) is 79.3 Å². The topological polar surface area (TPSA) is 358 Å². The summed E-state index contributed by atoms with van der Waals surface area (Å²) >= 11 is 0. The Morgan fingerprint density at radius 2 is 0.432 bits per heavy atom. The average Bonchev–Trinajstić information content (AvgIpc) is 0.826. The second-order valence-electron chi connectivity index (χ2n) is 21.3. The third kappa shape index (κ3) is 29.0. The van der Waals surface area contributed by atoms with Crippen molar-refractivity contribution in [2.24, 2.45) is 21.7 Å². The zero-order chi connectivity index (χ0) is 71.1. The lowest BCUT2D eigenvalue weighted by atomic mass is 9.78. The number of hydrogen-bond acceptors (Lipinski definition) is 26. The molecule has 95 heavy (non-hydrogen) atoms. The normalized spacial score (nSPS) is 11.1. The molecule has 0 fully saturated rings. The molecule has 2 aromatic rings. The molecule has 0 aromatic heterocycles. The van der Waals surface area contributed by atoms with Crippen molar-refractivity contribution in [2.75, 3.05) is 116 Å². The summed E-state index contributed by atoms with van der Waals surface area (Å²) in [5.41, 5.74) is -5.40. The van der Waals surface area contributed by atoms with Crippen molar-refractivity contribution in [3.05, 3.63) is 186 Å². The third-order valence-electron chi connectivity index (χ3n) is 13.2. The minimum atomic E-state index is -1.70. The van der Waals surface area contributed by atoms with Gasteiger partial charge in [0.15, 0.2) is 0 Å². The Hall–Kier alpha value is -11.0. The number of amides is 2. The smallest absolute Gasteiger partial charge is 0.411 e. The van der Waals surface area contributed by atoms with Gasteiger partial charge in [-0.15, -0.1) is 0 Å². The van der Waals surface area contributed by atoms with E-state index in [4.69, 9.17) is 66.3 Å². The Morgan fingerprint density at radius 3 is 0.589 bits per heavy atom. The van der Waals surface area contributed by atoms with Gasteiger partial charge in [0.05, 0.1) is 48.1 Å². The summed E-state index contributed by atoms with van der Waals surface area (Å²) in [6.07, 6.45) is 6.48. The van der Waals surface area contributed by atoms with Crippen LogP contribution in [0.3, 0.4) is 0 Å². The summed E-state index contributed by atoms with van der Waals surface area (Å²) in [5, 5.41) is 5.20. The van der Waals surface area contributed by atoms with Crippen molar-refractivity contribution in [2.45, 2.75) is 19.3 Å². The average molecular weight is 1330 g/mol. The molecule has 2 amide bonds. The van der Waals surface area contributed by atoms with Gasteiger partial charge in [-0.25, -0.2) is 57.5 Å². The van der Waals surface area contributed by atoms with Crippen LogP contribution in [0, 0.1) is 21.7 Å². The zero-order valence-electron chi connectivity index (χ0n) is 52.9.